The number of hydrogen-bond donors (Lipinski definition) is 1. The molecule has 10 nitrogen and oxygen atoms in total. The smallest absolute Gasteiger partial charge is 0.338 e. The molecule has 164 valence electrons. The zero-order valence-electron chi connectivity index (χ0n) is 16.9. The van der Waals surface area contributed by atoms with Crippen molar-refractivity contribution in [3.8, 4) is 11.3 Å². The van der Waals surface area contributed by atoms with E-state index in [0.29, 0.717) is 11.3 Å². The first-order chi connectivity index (χ1) is 15.3. The number of anilines is 1. The number of amides is 1. The van der Waals surface area contributed by atoms with E-state index in [-0.39, 0.29) is 21.9 Å². The summed E-state index contributed by atoms with van der Waals surface area (Å²) in [6.07, 6.45) is -1.12. The van der Waals surface area contributed by atoms with Gasteiger partial charge in [0.05, 0.1) is 28.9 Å². The molecule has 1 N–H and O–H groups in total. The van der Waals surface area contributed by atoms with E-state index in [0.717, 1.165) is 11.3 Å². The largest absolute Gasteiger partial charge is 0.465 e. The Kier molecular flexibility index (Phi) is 6.90. The van der Waals surface area contributed by atoms with Gasteiger partial charge in [-0.05, 0) is 31.2 Å². The summed E-state index contributed by atoms with van der Waals surface area (Å²) < 4.78 is 9.76. The molecule has 0 aliphatic rings. The molecule has 1 amide bonds. The fraction of sp³-hybridized carbons (Fsp3) is 0.143. The fourth-order valence-electron chi connectivity index (χ4n) is 2.59. The number of nitrogens with zero attached hydrogens (tertiary/aromatic N) is 2. The van der Waals surface area contributed by atoms with Gasteiger partial charge in [0.1, 0.15) is 0 Å². The number of nitrogens with one attached hydrogen (secondary N) is 1. The van der Waals surface area contributed by atoms with Gasteiger partial charge in [-0.25, -0.2) is 14.6 Å². The minimum absolute atomic E-state index is 0.0683. The summed E-state index contributed by atoms with van der Waals surface area (Å²) in [7, 11) is 1.25. The summed E-state index contributed by atoms with van der Waals surface area (Å²) >= 11 is 1.13. The number of non-ortho nitro benzene ring substituents is 1. The van der Waals surface area contributed by atoms with Gasteiger partial charge in [0.25, 0.3) is 11.6 Å². The number of benzene rings is 2. The van der Waals surface area contributed by atoms with Crippen molar-refractivity contribution in [3.63, 3.8) is 0 Å². The maximum absolute atomic E-state index is 12.4. The highest BCUT2D eigenvalue weighted by Crippen LogP contribution is 2.27. The molecule has 0 bridgehead atoms. The second-order valence-corrected chi connectivity index (χ2v) is 7.31. The normalized spacial score (nSPS) is 11.3. The molecule has 0 aliphatic heterocycles. The first-order valence-electron chi connectivity index (χ1n) is 9.19. The third kappa shape index (κ3) is 5.32. The number of rotatable bonds is 7. The maximum Gasteiger partial charge on any atom is 0.338 e. The fourth-order valence-corrected chi connectivity index (χ4v) is 3.31. The molecule has 1 heterocycles. The minimum atomic E-state index is -1.12. The molecular weight excluding hydrogens is 438 g/mol. The zero-order chi connectivity index (χ0) is 23.3. The Morgan fingerprint density at radius 1 is 1.09 bits per heavy atom. The van der Waals surface area contributed by atoms with E-state index >= 15 is 0 Å². The van der Waals surface area contributed by atoms with Crippen molar-refractivity contribution in [2.75, 3.05) is 12.4 Å². The van der Waals surface area contributed by atoms with Gasteiger partial charge >= 0.3 is 11.9 Å². The number of thiazole rings is 1. The molecule has 1 aromatic heterocycles. The van der Waals surface area contributed by atoms with Gasteiger partial charge in [-0.1, -0.05) is 12.1 Å². The van der Waals surface area contributed by atoms with Crippen LogP contribution in [-0.2, 0) is 14.3 Å². The van der Waals surface area contributed by atoms with Gasteiger partial charge in [0.15, 0.2) is 11.2 Å². The van der Waals surface area contributed by atoms with E-state index in [1.807, 2.05) is 0 Å². The number of methoxy groups -OCH3 is 1. The molecule has 3 aromatic rings. The topological polar surface area (TPSA) is 138 Å². The summed E-state index contributed by atoms with van der Waals surface area (Å²) in [6, 6.07) is 11.6. The third-order valence-corrected chi connectivity index (χ3v) is 5.04. The zero-order valence-corrected chi connectivity index (χ0v) is 17.8. The van der Waals surface area contributed by atoms with Crippen molar-refractivity contribution < 1.29 is 28.8 Å². The second kappa shape index (κ2) is 9.79. The number of carbonyl (C=O) groups is 3. The van der Waals surface area contributed by atoms with Gasteiger partial charge in [0.2, 0.25) is 0 Å². The predicted molar refractivity (Wildman–Crippen MR) is 115 cm³/mol. The molecule has 0 radical (unpaired) electrons. The standard InChI is InChI=1S/C21H17N3O7S/c1-12(31-20(27)14-8-6-13(7-9-14)19(26)30-2)18(25)23-21-22-17(11-32-21)15-4-3-5-16(10-15)24(28)29/h3-12H,1-2H3,(H,22,23,25). The van der Waals surface area contributed by atoms with Crippen molar-refractivity contribution >= 4 is 40.0 Å². The van der Waals surface area contributed by atoms with Crippen molar-refractivity contribution in [3.05, 3.63) is 75.2 Å². The lowest BCUT2D eigenvalue weighted by molar-refractivity contribution is -0.384. The highest BCUT2D eigenvalue weighted by atomic mass is 32.1. The predicted octanol–water partition coefficient (Wildman–Crippen LogP) is 3.69. The number of aromatic nitrogens is 1. The Morgan fingerprint density at radius 3 is 2.38 bits per heavy atom. The van der Waals surface area contributed by atoms with Crippen LogP contribution in [0.5, 0.6) is 0 Å². The van der Waals surface area contributed by atoms with E-state index in [2.05, 4.69) is 15.0 Å². The number of nitro benzene ring substituents is 1. The Bertz CT molecular complexity index is 1170. The van der Waals surface area contributed by atoms with E-state index in [1.54, 1.807) is 17.5 Å². The van der Waals surface area contributed by atoms with Crippen LogP contribution in [-0.4, -0.2) is 41.0 Å². The van der Waals surface area contributed by atoms with Gasteiger partial charge in [-0.15, -0.1) is 11.3 Å². The molecule has 0 spiro atoms. The molecule has 0 saturated heterocycles. The monoisotopic (exact) mass is 455 g/mol. The Balaban J connectivity index is 1.61. The van der Waals surface area contributed by atoms with Crippen LogP contribution in [0.2, 0.25) is 0 Å². The van der Waals surface area contributed by atoms with E-state index in [4.69, 9.17) is 4.74 Å². The summed E-state index contributed by atoms with van der Waals surface area (Å²) in [5.74, 6) is -1.87. The van der Waals surface area contributed by atoms with Crippen LogP contribution in [0.1, 0.15) is 27.6 Å². The molecule has 0 aliphatic carbocycles. The van der Waals surface area contributed by atoms with Crippen LogP contribution in [0.4, 0.5) is 10.8 Å². The molecule has 1 unspecified atom stereocenters. The van der Waals surface area contributed by atoms with Crippen LogP contribution in [0.3, 0.4) is 0 Å². The molecule has 11 heteroatoms. The van der Waals surface area contributed by atoms with Crippen LogP contribution >= 0.6 is 11.3 Å². The number of nitro groups is 1. The van der Waals surface area contributed by atoms with Crippen molar-refractivity contribution in [2.24, 2.45) is 0 Å². The summed E-state index contributed by atoms with van der Waals surface area (Å²) in [6.45, 7) is 1.41. The number of ether oxygens (including phenoxy) is 2. The molecule has 3 rings (SSSR count). The van der Waals surface area contributed by atoms with Crippen LogP contribution in [0, 0.1) is 10.1 Å². The van der Waals surface area contributed by atoms with Crippen molar-refractivity contribution in [1.29, 1.82) is 0 Å². The lowest BCUT2D eigenvalue weighted by Gasteiger charge is -2.12. The van der Waals surface area contributed by atoms with Crippen LogP contribution < -0.4 is 5.32 Å². The van der Waals surface area contributed by atoms with E-state index in [1.165, 1.54) is 50.4 Å². The highest BCUT2D eigenvalue weighted by molar-refractivity contribution is 7.14. The Morgan fingerprint density at radius 2 is 1.75 bits per heavy atom. The molecule has 32 heavy (non-hydrogen) atoms. The van der Waals surface area contributed by atoms with Gasteiger partial charge in [-0.2, -0.15) is 0 Å². The van der Waals surface area contributed by atoms with Crippen LogP contribution in [0.15, 0.2) is 53.9 Å². The lowest BCUT2D eigenvalue weighted by Crippen LogP contribution is -2.30. The maximum atomic E-state index is 12.4. The van der Waals surface area contributed by atoms with E-state index < -0.39 is 28.9 Å². The highest BCUT2D eigenvalue weighted by Gasteiger charge is 2.21. The molecule has 0 fully saturated rings. The summed E-state index contributed by atoms with van der Waals surface area (Å²) in [5.41, 5.74) is 1.37. The van der Waals surface area contributed by atoms with Gasteiger partial charge in [0, 0.05) is 23.1 Å². The number of esters is 2. The molecule has 0 saturated carbocycles. The Hall–Kier alpha value is -4.12. The minimum Gasteiger partial charge on any atom is -0.465 e. The SMILES string of the molecule is COC(=O)c1ccc(C(=O)OC(C)C(=O)Nc2nc(-c3cccc([N+](=O)[O-])c3)cs2)cc1. The van der Waals surface area contributed by atoms with E-state index in [9.17, 15) is 24.5 Å². The van der Waals surface area contributed by atoms with Crippen molar-refractivity contribution in [1.82, 2.24) is 4.98 Å². The first kappa shape index (κ1) is 22.6. The molecule has 2 aromatic carbocycles. The quantitative estimate of drug-likeness (QED) is 0.323. The third-order valence-electron chi connectivity index (χ3n) is 4.28. The number of hydrogen-bond acceptors (Lipinski definition) is 9. The van der Waals surface area contributed by atoms with Gasteiger partial charge < -0.3 is 9.47 Å². The number of carbonyl (C=O) groups excluding carboxylic acids is 3. The second-order valence-electron chi connectivity index (χ2n) is 6.45. The first-order valence-corrected chi connectivity index (χ1v) is 10.1. The lowest BCUT2D eigenvalue weighted by atomic mass is 10.1. The van der Waals surface area contributed by atoms with Crippen molar-refractivity contribution in [2.45, 2.75) is 13.0 Å². The average molecular weight is 455 g/mol. The average Bonchev–Trinajstić information content (AvgIpc) is 3.27. The molecule has 1 atom stereocenters. The van der Waals surface area contributed by atoms with Gasteiger partial charge in [-0.3, -0.25) is 20.2 Å². The summed E-state index contributed by atoms with van der Waals surface area (Å²) in [5, 5.41) is 15.4. The molecular formula is C21H17N3O7S. The summed E-state index contributed by atoms with van der Waals surface area (Å²) in [4.78, 5) is 50.8. The van der Waals surface area contributed by atoms with Crippen LogP contribution in [0.25, 0.3) is 11.3 Å². The Labute approximate surface area is 186 Å².